The predicted octanol–water partition coefficient (Wildman–Crippen LogP) is 4.40. The maximum atomic E-state index is 12.2. The Balaban J connectivity index is 1.90. The van der Waals surface area contributed by atoms with Gasteiger partial charge in [0.2, 0.25) is 5.91 Å². The second kappa shape index (κ2) is 8.15. The molecule has 134 valence electrons. The molecule has 1 aliphatic rings. The van der Waals surface area contributed by atoms with Crippen molar-refractivity contribution in [1.29, 1.82) is 0 Å². The number of nitrogens with one attached hydrogen (secondary N) is 1. The fourth-order valence-electron chi connectivity index (χ4n) is 3.98. The highest BCUT2D eigenvalue weighted by atomic mass is 16.1. The lowest BCUT2D eigenvalue weighted by molar-refractivity contribution is -0.123. The summed E-state index contributed by atoms with van der Waals surface area (Å²) in [6, 6.07) is 11.6. The molecule has 1 unspecified atom stereocenters. The molecular weight excluding hydrogens is 296 g/mol. The van der Waals surface area contributed by atoms with E-state index >= 15 is 0 Å². The molecule has 2 rings (SSSR count). The number of carbonyl (C=O) groups excluding carboxylic acids is 1. The SMILES string of the molecule is CN(C)C(c1ccccc1)C1CCC(NC(=O)CC(C)(C)C)CC1. The van der Waals surface area contributed by atoms with Gasteiger partial charge in [-0.25, -0.2) is 0 Å². The molecule has 1 aliphatic carbocycles. The number of nitrogens with zero attached hydrogens (tertiary/aromatic N) is 1. The van der Waals surface area contributed by atoms with Gasteiger partial charge in [-0.1, -0.05) is 51.1 Å². The Bertz CT molecular complexity index is 510. The zero-order valence-corrected chi connectivity index (χ0v) is 16.0. The van der Waals surface area contributed by atoms with E-state index in [2.05, 4.69) is 75.4 Å². The zero-order valence-electron chi connectivity index (χ0n) is 16.0. The lowest BCUT2D eigenvalue weighted by atomic mass is 9.78. The predicted molar refractivity (Wildman–Crippen MR) is 101 cm³/mol. The van der Waals surface area contributed by atoms with Gasteiger partial charge in [0.25, 0.3) is 0 Å². The van der Waals surface area contributed by atoms with Crippen molar-refractivity contribution in [1.82, 2.24) is 10.2 Å². The van der Waals surface area contributed by atoms with Crippen LogP contribution in [0, 0.1) is 11.3 Å². The minimum Gasteiger partial charge on any atom is -0.353 e. The molecule has 0 aromatic heterocycles. The van der Waals surface area contributed by atoms with Gasteiger partial charge in [-0.15, -0.1) is 0 Å². The van der Waals surface area contributed by atoms with Crippen LogP contribution in [0.2, 0.25) is 0 Å². The number of carbonyl (C=O) groups is 1. The summed E-state index contributed by atoms with van der Waals surface area (Å²) in [6.45, 7) is 6.35. The molecule has 0 heterocycles. The van der Waals surface area contributed by atoms with Crippen molar-refractivity contribution in [3.63, 3.8) is 0 Å². The average molecular weight is 331 g/mol. The van der Waals surface area contributed by atoms with E-state index in [1.165, 1.54) is 18.4 Å². The van der Waals surface area contributed by atoms with Crippen LogP contribution in [0.1, 0.15) is 64.5 Å². The van der Waals surface area contributed by atoms with E-state index in [0.29, 0.717) is 24.4 Å². The summed E-state index contributed by atoms with van der Waals surface area (Å²) >= 11 is 0. The molecule has 3 heteroatoms. The fourth-order valence-corrected chi connectivity index (χ4v) is 3.98. The molecule has 1 N–H and O–H groups in total. The number of hydrogen-bond donors (Lipinski definition) is 1. The number of amides is 1. The molecule has 0 saturated heterocycles. The highest BCUT2D eigenvalue weighted by Crippen LogP contribution is 2.37. The zero-order chi connectivity index (χ0) is 17.7. The quantitative estimate of drug-likeness (QED) is 0.868. The summed E-state index contributed by atoms with van der Waals surface area (Å²) < 4.78 is 0. The van der Waals surface area contributed by atoms with Crippen LogP contribution in [0.5, 0.6) is 0 Å². The van der Waals surface area contributed by atoms with E-state index in [0.717, 1.165) is 12.8 Å². The molecule has 3 nitrogen and oxygen atoms in total. The van der Waals surface area contributed by atoms with E-state index in [9.17, 15) is 4.79 Å². The highest BCUT2D eigenvalue weighted by molar-refractivity contribution is 5.76. The smallest absolute Gasteiger partial charge is 0.220 e. The van der Waals surface area contributed by atoms with Crippen LogP contribution in [0.4, 0.5) is 0 Å². The van der Waals surface area contributed by atoms with E-state index < -0.39 is 0 Å². The van der Waals surface area contributed by atoms with Crippen molar-refractivity contribution in [3.8, 4) is 0 Å². The first kappa shape index (κ1) is 19.0. The van der Waals surface area contributed by atoms with Gasteiger partial charge < -0.3 is 10.2 Å². The Hall–Kier alpha value is -1.35. The van der Waals surface area contributed by atoms with E-state index in [1.54, 1.807) is 0 Å². The Kier molecular flexibility index (Phi) is 6.45. The van der Waals surface area contributed by atoms with Gasteiger partial charge >= 0.3 is 0 Å². The molecule has 0 spiro atoms. The molecule has 0 aliphatic heterocycles. The first-order valence-corrected chi connectivity index (χ1v) is 9.27. The minimum atomic E-state index is 0.0601. The summed E-state index contributed by atoms with van der Waals surface area (Å²) in [6.07, 6.45) is 5.16. The third-order valence-electron chi connectivity index (χ3n) is 4.97. The average Bonchev–Trinajstić information content (AvgIpc) is 2.48. The van der Waals surface area contributed by atoms with Crippen molar-refractivity contribution in [2.75, 3.05) is 14.1 Å². The van der Waals surface area contributed by atoms with Crippen LogP contribution in [-0.2, 0) is 4.79 Å². The summed E-state index contributed by atoms with van der Waals surface area (Å²) in [5.41, 5.74) is 1.47. The summed E-state index contributed by atoms with van der Waals surface area (Å²) in [4.78, 5) is 14.5. The largest absolute Gasteiger partial charge is 0.353 e. The van der Waals surface area contributed by atoms with Gasteiger partial charge in [0, 0.05) is 18.5 Å². The van der Waals surface area contributed by atoms with Gasteiger partial charge in [0.1, 0.15) is 0 Å². The molecule has 1 atom stereocenters. The van der Waals surface area contributed by atoms with Gasteiger partial charge in [-0.2, -0.15) is 0 Å². The molecule has 1 aromatic carbocycles. The maximum Gasteiger partial charge on any atom is 0.220 e. The number of hydrogen-bond acceptors (Lipinski definition) is 2. The molecule has 1 amide bonds. The molecule has 0 radical (unpaired) electrons. The van der Waals surface area contributed by atoms with Crippen molar-refractivity contribution in [2.45, 2.75) is 65.0 Å². The Morgan fingerprint density at radius 2 is 1.71 bits per heavy atom. The maximum absolute atomic E-state index is 12.2. The van der Waals surface area contributed by atoms with Gasteiger partial charge in [-0.05, 0) is 56.7 Å². The molecule has 1 fully saturated rings. The Morgan fingerprint density at radius 3 is 2.21 bits per heavy atom. The number of rotatable bonds is 5. The monoisotopic (exact) mass is 330 g/mol. The van der Waals surface area contributed by atoms with Crippen molar-refractivity contribution in [3.05, 3.63) is 35.9 Å². The third kappa shape index (κ3) is 5.62. The lowest BCUT2D eigenvalue weighted by Gasteiger charge is -2.38. The van der Waals surface area contributed by atoms with Crippen LogP contribution in [0.25, 0.3) is 0 Å². The normalized spacial score (nSPS) is 23.1. The standard InChI is InChI=1S/C21H34N2O/c1-21(2,3)15-19(24)22-18-13-11-17(12-14-18)20(23(4)5)16-9-7-6-8-10-16/h6-10,17-18,20H,11-15H2,1-5H3,(H,22,24). The van der Waals surface area contributed by atoms with Crippen molar-refractivity contribution < 1.29 is 4.79 Å². The van der Waals surface area contributed by atoms with Crippen LogP contribution >= 0.6 is 0 Å². The van der Waals surface area contributed by atoms with E-state index in [1.807, 2.05) is 0 Å². The van der Waals surface area contributed by atoms with Crippen LogP contribution < -0.4 is 5.32 Å². The fraction of sp³-hybridized carbons (Fsp3) is 0.667. The molecular formula is C21H34N2O. The third-order valence-corrected chi connectivity index (χ3v) is 4.97. The first-order valence-electron chi connectivity index (χ1n) is 9.27. The van der Waals surface area contributed by atoms with Crippen molar-refractivity contribution in [2.24, 2.45) is 11.3 Å². The highest BCUT2D eigenvalue weighted by Gasteiger charge is 2.30. The number of benzene rings is 1. The summed E-state index contributed by atoms with van der Waals surface area (Å²) in [5, 5.41) is 3.25. The van der Waals surface area contributed by atoms with Crippen LogP contribution in [0.3, 0.4) is 0 Å². The summed E-state index contributed by atoms with van der Waals surface area (Å²) in [7, 11) is 4.35. The topological polar surface area (TPSA) is 32.3 Å². The van der Waals surface area contributed by atoms with E-state index in [-0.39, 0.29) is 11.3 Å². The Labute approximate surface area is 147 Å². The second-order valence-electron chi connectivity index (χ2n) is 8.74. The second-order valence-corrected chi connectivity index (χ2v) is 8.74. The molecule has 1 saturated carbocycles. The Morgan fingerprint density at radius 1 is 1.12 bits per heavy atom. The molecule has 0 bridgehead atoms. The molecule has 24 heavy (non-hydrogen) atoms. The van der Waals surface area contributed by atoms with Gasteiger partial charge in [0.15, 0.2) is 0 Å². The lowest BCUT2D eigenvalue weighted by Crippen LogP contribution is -2.40. The van der Waals surface area contributed by atoms with Crippen LogP contribution in [-0.4, -0.2) is 30.9 Å². The van der Waals surface area contributed by atoms with E-state index in [4.69, 9.17) is 0 Å². The van der Waals surface area contributed by atoms with Gasteiger partial charge in [0.05, 0.1) is 0 Å². The van der Waals surface area contributed by atoms with Crippen LogP contribution in [0.15, 0.2) is 30.3 Å². The minimum absolute atomic E-state index is 0.0601. The summed E-state index contributed by atoms with van der Waals surface area (Å²) in [5.74, 6) is 0.872. The van der Waals surface area contributed by atoms with Crippen molar-refractivity contribution >= 4 is 5.91 Å². The first-order chi connectivity index (χ1) is 11.3. The molecule has 1 aromatic rings. The van der Waals surface area contributed by atoms with Gasteiger partial charge in [-0.3, -0.25) is 4.79 Å².